The molecule has 0 saturated heterocycles. The Morgan fingerprint density at radius 3 is 2.55 bits per heavy atom. The van der Waals surface area contributed by atoms with Crippen molar-refractivity contribution in [2.45, 2.75) is 25.8 Å². The molecule has 0 aliphatic rings. The molecule has 2 aromatic rings. The van der Waals surface area contributed by atoms with Gasteiger partial charge in [-0.1, -0.05) is 19.1 Å². The quantitative estimate of drug-likeness (QED) is 0.850. The number of nitrogens with one attached hydrogen (secondary N) is 1. The zero-order valence-electron chi connectivity index (χ0n) is 11.5. The molecule has 0 bridgehead atoms. The highest BCUT2D eigenvalue weighted by Crippen LogP contribution is 2.15. The highest BCUT2D eigenvalue weighted by atomic mass is 19.1. The van der Waals surface area contributed by atoms with Gasteiger partial charge in [-0.15, -0.1) is 0 Å². The molecular weight excluding hydrogens is 255 g/mol. The lowest BCUT2D eigenvalue weighted by molar-refractivity contribution is 0.474. The molecule has 106 valence electrons. The van der Waals surface area contributed by atoms with E-state index >= 15 is 0 Å². The number of phenols is 1. The summed E-state index contributed by atoms with van der Waals surface area (Å²) < 4.78 is 12.9. The first-order valence-corrected chi connectivity index (χ1v) is 6.81. The summed E-state index contributed by atoms with van der Waals surface area (Å²) in [6, 6.07) is 10.5. The van der Waals surface area contributed by atoms with E-state index in [0.717, 1.165) is 30.6 Å². The van der Waals surface area contributed by atoms with Gasteiger partial charge in [-0.25, -0.2) is 4.39 Å². The van der Waals surface area contributed by atoms with Gasteiger partial charge in [-0.05, 0) is 49.2 Å². The fourth-order valence-corrected chi connectivity index (χ4v) is 2.10. The van der Waals surface area contributed by atoms with Crippen LogP contribution in [0.15, 0.2) is 42.6 Å². The summed E-state index contributed by atoms with van der Waals surface area (Å²) in [6.45, 7) is 2.88. The monoisotopic (exact) mass is 274 g/mol. The van der Waals surface area contributed by atoms with Crippen molar-refractivity contribution >= 4 is 0 Å². The second-order valence-corrected chi connectivity index (χ2v) is 4.73. The number of benzene rings is 1. The lowest BCUT2D eigenvalue weighted by Gasteiger charge is -2.16. The van der Waals surface area contributed by atoms with Crippen LogP contribution in [-0.4, -0.2) is 16.6 Å². The smallest absolute Gasteiger partial charge is 0.141 e. The van der Waals surface area contributed by atoms with Gasteiger partial charge in [-0.2, -0.15) is 0 Å². The number of pyridine rings is 1. The van der Waals surface area contributed by atoms with E-state index < -0.39 is 0 Å². The van der Waals surface area contributed by atoms with Crippen molar-refractivity contribution in [3.05, 3.63) is 59.7 Å². The van der Waals surface area contributed by atoms with Crippen molar-refractivity contribution in [2.24, 2.45) is 0 Å². The average Bonchev–Trinajstić information content (AvgIpc) is 2.47. The van der Waals surface area contributed by atoms with Gasteiger partial charge in [0, 0.05) is 6.04 Å². The first kappa shape index (κ1) is 14.5. The molecular formula is C16H19FN2O. The molecule has 0 aliphatic carbocycles. The molecule has 1 unspecified atom stereocenters. The summed E-state index contributed by atoms with van der Waals surface area (Å²) in [4.78, 5) is 4.12. The highest BCUT2D eigenvalue weighted by molar-refractivity contribution is 5.26. The molecule has 0 amide bonds. The highest BCUT2D eigenvalue weighted by Gasteiger charge is 2.09. The summed E-state index contributed by atoms with van der Waals surface area (Å²) in [5.74, 6) is -0.0312. The number of aromatic hydroxyl groups is 1. The number of phenolic OH excluding ortho intramolecular Hbond substituents is 1. The Morgan fingerprint density at radius 2 is 1.95 bits per heavy atom. The van der Waals surface area contributed by atoms with Crippen LogP contribution in [0.1, 0.15) is 30.6 Å². The number of rotatable bonds is 6. The average molecular weight is 274 g/mol. The maximum atomic E-state index is 12.9. The lowest BCUT2D eigenvalue weighted by atomic mass is 10.1. The molecule has 0 saturated carbocycles. The van der Waals surface area contributed by atoms with Crippen LogP contribution in [0.4, 0.5) is 4.39 Å². The second kappa shape index (κ2) is 7.01. The molecule has 1 atom stereocenters. The Kier molecular flexibility index (Phi) is 5.07. The number of hydrogen-bond acceptors (Lipinski definition) is 3. The predicted octanol–water partition coefficient (Wildman–Crippen LogP) is 3.21. The molecule has 0 spiro atoms. The van der Waals surface area contributed by atoms with Gasteiger partial charge in [0.2, 0.25) is 0 Å². The Balaban J connectivity index is 1.87. The molecule has 4 heteroatoms. The predicted molar refractivity (Wildman–Crippen MR) is 77.0 cm³/mol. The van der Waals surface area contributed by atoms with Crippen LogP contribution in [0, 0.1) is 5.82 Å². The Labute approximate surface area is 118 Å². The number of halogens is 1. The molecule has 1 heterocycles. The fraction of sp³-hybridized carbons (Fsp3) is 0.312. The van der Waals surface area contributed by atoms with Gasteiger partial charge in [0.1, 0.15) is 11.6 Å². The van der Waals surface area contributed by atoms with E-state index in [4.69, 9.17) is 0 Å². The van der Waals surface area contributed by atoms with Crippen molar-refractivity contribution in [2.75, 3.05) is 6.54 Å². The number of hydrogen-bond donors (Lipinski definition) is 2. The van der Waals surface area contributed by atoms with Gasteiger partial charge in [-0.3, -0.25) is 4.98 Å². The second-order valence-electron chi connectivity index (χ2n) is 4.73. The first-order chi connectivity index (χ1) is 9.69. The molecule has 2 rings (SSSR count). The molecule has 0 fully saturated rings. The van der Waals surface area contributed by atoms with E-state index in [1.807, 2.05) is 12.1 Å². The Bertz CT molecular complexity index is 525. The zero-order valence-corrected chi connectivity index (χ0v) is 11.5. The van der Waals surface area contributed by atoms with Gasteiger partial charge in [0.05, 0.1) is 11.9 Å². The largest absolute Gasteiger partial charge is 0.508 e. The van der Waals surface area contributed by atoms with Crippen molar-refractivity contribution in [3.63, 3.8) is 0 Å². The lowest BCUT2D eigenvalue weighted by Crippen LogP contribution is -2.24. The topological polar surface area (TPSA) is 45.1 Å². The van der Waals surface area contributed by atoms with Crippen LogP contribution in [0.5, 0.6) is 5.75 Å². The van der Waals surface area contributed by atoms with E-state index in [2.05, 4.69) is 17.2 Å². The fourth-order valence-electron chi connectivity index (χ4n) is 2.10. The van der Waals surface area contributed by atoms with Crippen LogP contribution in [0.2, 0.25) is 0 Å². The minimum atomic E-state index is -0.312. The van der Waals surface area contributed by atoms with Crippen molar-refractivity contribution in [1.82, 2.24) is 10.3 Å². The van der Waals surface area contributed by atoms with Crippen LogP contribution in [0.25, 0.3) is 0 Å². The standard InChI is InChI=1S/C16H19FN2O/c1-2-15(16-8-5-13(17)11-19-16)18-10-9-12-3-6-14(20)7-4-12/h3-8,11,15,18,20H,2,9-10H2,1H3. The SMILES string of the molecule is CCC(NCCc1ccc(O)cc1)c1ccc(F)cn1. The van der Waals surface area contributed by atoms with Crippen molar-refractivity contribution < 1.29 is 9.50 Å². The minimum Gasteiger partial charge on any atom is -0.508 e. The van der Waals surface area contributed by atoms with Crippen LogP contribution in [-0.2, 0) is 6.42 Å². The summed E-state index contributed by atoms with van der Waals surface area (Å²) in [6.07, 6.45) is 3.02. The third-order valence-electron chi connectivity index (χ3n) is 3.26. The number of nitrogens with zero attached hydrogens (tertiary/aromatic N) is 1. The summed E-state index contributed by atoms with van der Waals surface area (Å²) in [5.41, 5.74) is 2.02. The Hall–Kier alpha value is -1.94. The Morgan fingerprint density at radius 1 is 1.20 bits per heavy atom. The molecule has 3 nitrogen and oxygen atoms in total. The maximum absolute atomic E-state index is 12.9. The molecule has 1 aromatic carbocycles. The van der Waals surface area contributed by atoms with Crippen molar-refractivity contribution in [3.8, 4) is 5.75 Å². The van der Waals surface area contributed by atoms with Gasteiger partial charge in [0.25, 0.3) is 0 Å². The van der Waals surface area contributed by atoms with Crippen LogP contribution < -0.4 is 5.32 Å². The normalized spacial score (nSPS) is 12.3. The van der Waals surface area contributed by atoms with Crippen LogP contribution >= 0.6 is 0 Å². The van der Waals surface area contributed by atoms with Crippen LogP contribution in [0.3, 0.4) is 0 Å². The summed E-state index contributed by atoms with van der Waals surface area (Å²) in [5, 5.41) is 12.6. The van der Waals surface area contributed by atoms with E-state index in [1.54, 1.807) is 18.2 Å². The van der Waals surface area contributed by atoms with E-state index in [1.165, 1.54) is 12.3 Å². The van der Waals surface area contributed by atoms with E-state index in [0.29, 0.717) is 0 Å². The van der Waals surface area contributed by atoms with E-state index in [-0.39, 0.29) is 17.6 Å². The minimum absolute atomic E-state index is 0.132. The molecule has 2 N–H and O–H groups in total. The summed E-state index contributed by atoms with van der Waals surface area (Å²) in [7, 11) is 0. The van der Waals surface area contributed by atoms with E-state index in [9.17, 15) is 9.50 Å². The third-order valence-corrected chi connectivity index (χ3v) is 3.26. The molecule has 0 aliphatic heterocycles. The molecule has 0 radical (unpaired) electrons. The third kappa shape index (κ3) is 4.03. The van der Waals surface area contributed by atoms with Crippen molar-refractivity contribution in [1.29, 1.82) is 0 Å². The molecule has 1 aromatic heterocycles. The first-order valence-electron chi connectivity index (χ1n) is 6.81. The van der Waals surface area contributed by atoms with Gasteiger partial charge >= 0.3 is 0 Å². The maximum Gasteiger partial charge on any atom is 0.141 e. The molecule has 20 heavy (non-hydrogen) atoms. The zero-order chi connectivity index (χ0) is 14.4. The van der Waals surface area contributed by atoms with Gasteiger partial charge < -0.3 is 10.4 Å². The van der Waals surface area contributed by atoms with Gasteiger partial charge in [0.15, 0.2) is 0 Å². The summed E-state index contributed by atoms with van der Waals surface area (Å²) >= 11 is 0. The number of aromatic nitrogens is 1.